The molecule has 0 aliphatic carbocycles. The molecule has 4 nitrogen and oxygen atoms in total. The molecule has 1 fully saturated rings. The molecule has 1 amide bonds. The SMILES string of the molecule is CCCC1CCCN(CC(NC)C(N)=O)CC1. The van der Waals surface area contributed by atoms with Crippen molar-refractivity contribution < 1.29 is 4.79 Å². The van der Waals surface area contributed by atoms with Crippen molar-refractivity contribution in [3.8, 4) is 0 Å². The summed E-state index contributed by atoms with van der Waals surface area (Å²) in [7, 11) is 1.80. The molecule has 100 valence electrons. The highest BCUT2D eigenvalue weighted by atomic mass is 16.1. The first-order valence-corrected chi connectivity index (χ1v) is 6.86. The topological polar surface area (TPSA) is 58.4 Å². The summed E-state index contributed by atoms with van der Waals surface area (Å²) < 4.78 is 0. The van der Waals surface area contributed by atoms with E-state index in [9.17, 15) is 4.79 Å². The number of carbonyl (C=O) groups is 1. The van der Waals surface area contributed by atoms with E-state index in [2.05, 4.69) is 17.1 Å². The van der Waals surface area contributed by atoms with Crippen molar-refractivity contribution >= 4 is 5.91 Å². The number of nitrogens with zero attached hydrogens (tertiary/aromatic N) is 1. The van der Waals surface area contributed by atoms with Crippen LogP contribution in [0.5, 0.6) is 0 Å². The summed E-state index contributed by atoms with van der Waals surface area (Å²) in [5.74, 6) is 0.633. The van der Waals surface area contributed by atoms with Crippen LogP contribution in [-0.2, 0) is 4.79 Å². The highest BCUT2D eigenvalue weighted by Crippen LogP contribution is 2.21. The lowest BCUT2D eigenvalue weighted by Gasteiger charge is -2.24. The quantitative estimate of drug-likeness (QED) is 0.728. The van der Waals surface area contributed by atoms with Gasteiger partial charge in [0.2, 0.25) is 5.91 Å². The third-order valence-corrected chi connectivity index (χ3v) is 3.77. The molecule has 0 aromatic heterocycles. The van der Waals surface area contributed by atoms with Crippen molar-refractivity contribution in [2.45, 2.75) is 45.1 Å². The number of primary amides is 1. The van der Waals surface area contributed by atoms with Gasteiger partial charge in [0.05, 0.1) is 6.04 Å². The maximum Gasteiger partial charge on any atom is 0.235 e. The van der Waals surface area contributed by atoms with Gasteiger partial charge in [-0.15, -0.1) is 0 Å². The summed E-state index contributed by atoms with van der Waals surface area (Å²) in [4.78, 5) is 13.6. The number of likely N-dealkylation sites (N-methyl/N-ethyl adjacent to an activating group) is 1. The predicted molar refractivity (Wildman–Crippen MR) is 70.7 cm³/mol. The lowest BCUT2D eigenvalue weighted by molar-refractivity contribution is -0.120. The van der Waals surface area contributed by atoms with Crippen LogP contribution >= 0.6 is 0 Å². The average Bonchev–Trinajstić information content (AvgIpc) is 2.52. The molecule has 2 unspecified atom stereocenters. The van der Waals surface area contributed by atoms with Crippen LogP contribution in [0.25, 0.3) is 0 Å². The number of rotatable bonds is 6. The second kappa shape index (κ2) is 7.67. The van der Waals surface area contributed by atoms with Crippen molar-refractivity contribution in [2.24, 2.45) is 11.7 Å². The summed E-state index contributed by atoms with van der Waals surface area (Å²) in [6.07, 6.45) is 6.48. The molecule has 1 heterocycles. The zero-order valence-corrected chi connectivity index (χ0v) is 11.2. The van der Waals surface area contributed by atoms with Gasteiger partial charge >= 0.3 is 0 Å². The van der Waals surface area contributed by atoms with Gasteiger partial charge < -0.3 is 16.0 Å². The molecule has 1 aliphatic rings. The highest BCUT2D eigenvalue weighted by molar-refractivity contribution is 5.80. The standard InChI is InChI=1S/C13H27N3O/c1-3-5-11-6-4-8-16(9-7-11)10-12(15-2)13(14)17/h11-12,15H,3-10H2,1-2H3,(H2,14,17). The molecule has 1 aliphatic heterocycles. The Bertz CT molecular complexity index is 233. The molecule has 0 aromatic rings. The smallest absolute Gasteiger partial charge is 0.235 e. The Labute approximate surface area is 105 Å². The number of nitrogens with two attached hydrogens (primary N) is 1. The molecule has 1 rings (SSSR count). The number of carbonyl (C=O) groups excluding carboxylic acids is 1. The molecule has 0 spiro atoms. The predicted octanol–water partition coefficient (Wildman–Crippen LogP) is 0.962. The molecule has 1 saturated heterocycles. The molecular weight excluding hydrogens is 214 g/mol. The largest absolute Gasteiger partial charge is 0.368 e. The van der Waals surface area contributed by atoms with Gasteiger partial charge in [0.1, 0.15) is 0 Å². The fourth-order valence-electron chi connectivity index (χ4n) is 2.69. The van der Waals surface area contributed by atoms with Crippen LogP contribution in [0.3, 0.4) is 0 Å². The summed E-state index contributed by atoms with van der Waals surface area (Å²) in [5, 5.41) is 2.99. The van der Waals surface area contributed by atoms with Gasteiger partial charge in [-0.2, -0.15) is 0 Å². The van der Waals surface area contributed by atoms with Gasteiger partial charge in [-0.05, 0) is 45.3 Å². The van der Waals surface area contributed by atoms with Crippen molar-refractivity contribution in [3.05, 3.63) is 0 Å². The first-order chi connectivity index (χ1) is 8.17. The fourth-order valence-corrected chi connectivity index (χ4v) is 2.69. The van der Waals surface area contributed by atoms with Crippen molar-refractivity contribution in [1.82, 2.24) is 10.2 Å². The van der Waals surface area contributed by atoms with Crippen LogP contribution in [0.1, 0.15) is 39.0 Å². The third-order valence-electron chi connectivity index (χ3n) is 3.77. The number of amides is 1. The Hall–Kier alpha value is -0.610. The molecule has 17 heavy (non-hydrogen) atoms. The maximum absolute atomic E-state index is 11.2. The normalized spacial score (nSPS) is 24.2. The maximum atomic E-state index is 11.2. The van der Waals surface area contributed by atoms with E-state index in [1.54, 1.807) is 7.05 Å². The van der Waals surface area contributed by atoms with Gasteiger partial charge in [0.15, 0.2) is 0 Å². The van der Waals surface area contributed by atoms with Gasteiger partial charge in [-0.3, -0.25) is 4.79 Å². The molecule has 0 bridgehead atoms. The van der Waals surface area contributed by atoms with E-state index in [4.69, 9.17) is 5.73 Å². The van der Waals surface area contributed by atoms with E-state index in [0.717, 1.165) is 25.6 Å². The van der Waals surface area contributed by atoms with E-state index >= 15 is 0 Å². The lowest BCUT2D eigenvalue weighted by atomic mass is 9.96. The molecule has 0 aromatic carbocycles. The van der Waals surface area contributed by atoms with Gasteiger partial charge in [0, 0.05) is 6.54 Å². The van der Waals surface area contributed by atoms with Crippen LogP contribution in [0.2, 0.25) is 0 Å². The summed E-state index contributed by atoms with van der Waals surface area (Å²) in [6, 6.07) is -0.210. The van der Waals surface area contributed by atoms with Gasteiger partial charge in [0.25, 0.3) is 0 Å². The van der Waals surface area contributed by atoms with Gasteiger partial charge in [-0.25, -0.2) is 0 Å². The van der Waals surface area contributed by atoms with Crippen LogP contribution in [0.15, 0.2) is 0 Å². The molecule has 0 radical (unpaired) electrons. The minimum absolute atomic E-state index is 0.210. The number of hydrogen-bond acceptors (Lipinski definition) is 3. The summed E-state index contributed by atoms with van der Waals surface area (Å²) in [5.41, 5.74) is 5.35. The van der Waals surface area contributed by atoms with Crippen LogP contribution < -0.4 is 11.1 Å². The van der Waals surface area contributed by atoms with Crippen molar-refractivity contribution in [3.63, 3.8) is 0 Å². The average molecular weight is 241 g/mol. The van der Waals surface area contributed by atoms with E-state index in [1.165, 1.54) is 32.1 Å². The van der Waals surface area contributed by atoms with Crippen LogP contribution in [0, 0.1) is 5.92 Å². The first-order valence-electron chi connectivity index (χ1n) is 6.86. The Morgan fingerprint density at radius 1 is 1.47 bits per heavy atom. The number of likely N-dealkylation sites (tertiary alicyclic amines) is 1. The first kappa shape index (κ1) is 14.5. The number of nitrogens with one attached hydrogen (secondary N) is 1. The van der Waals surface area contributed by atoms with E-state index in [-0.39, 0.29) is 11.9 Å². The van der Waals surface area contributed by atoms with E-state index in [1.807, 2.05) is 0 Å². The van der Waals surface area contributed by atoms with Crippen LogP contribution in [0.4, 0.5) is 0 Å². The minimum Gasteiger partial charge on any atom is -0.368 e. The Balaban J connectivity index is 2.37. The Kier molecular flexibility index (Phi) is 6.52. The molecular formula is C13H27N3O. The molecule has 0 saturated carbocycles. The Morgan fingerprint density at radius 3 is 2.82 bits per heavy atom. The zero-order valence-electron chi connectivity index (χ0n) is 11.2. The zero-order chi connectivity index (χ0) is 12.7. The van der Waals surface area contributed by atoms with Crippen molar-refractivity contribution in [1.29, 1.82) is 0 Å². The van der Waals surface area contributed by atoms with E-state index < -0.39 is 0 Å². The Morgan fingerprint density at radius 2 is 2.24 bits per heavy atom. The van der Waals surface area contributed by atoms with E-state index in [0.29, 0.717) is 0 Å². The number of hydrogen-bond donors (Lipinski definition) is 2. The second-order valence-electron chi connectivity index (χ2n) is 5.13. The fraction of sp³-hybridized carbons (Fsp3) is 0.923. The minimum atomic E-state index is -0.248. The molecule has 4 heteroatoms. The second-order valence-corrected chi connectivity index (χ2v) is 5.13. The lowest BCUT2D eigenvalue weighted by Crippen LogP contribution is -2.48. The van der Waals surface area contributed by atoms with Gasteiger partial charge in [-0.1, -0.05) is 19.8 Å². The molecule has 2 atom stereocenters. The molecule has 3 N–H and O–H groups in total. The summed E-state index contributed by atoms with van der Waals surface area (Å²) in [6.45, 7) is 5.22. The summed E-state index contributed by atoms with van der Waals surface area (Å²) >= 11 is 0. The monoisotopic (exact) mass is 241 g/mol. The highest BCUT2D eigenvalue weighted by Gasteiger charge is 2.21. The van der Waals surface area contributed by atoms with Crippen molar-refractivity contribution in [2.75, 3.05) is 26.7 Å². The third kappa shape index (κ3) is 5.04. The van der Waals surface area contributed by atoms with Crippen LogP contribution in [-0.4, -0.2) is 43.5 Å².